The van der Waals surface area contributed by atoms with Crippen LogP contribution >= 0.6 is 11.6 Å². The lowest BCUT2D eigenvalue weighted by Crippen LogP contribution is -2.40. The van der Waals surface area contributed by atoms with E-state index in [-0.39, 0.29) is 5.91 Å². The lowest BCUT2D eigenvalue weighted by molar-refractivity contribution is -0.120. The van der Waals surface area contributed by atoms with Gasteiger partial charge in [0.2, 0.25) is 5.91 Å². The van der Waals surface area contributed by atoms with Crippen LogP contribution in [-0.4, -0.2) is 5.91 Å². The number of halogens is 1. The molecule has 1 amide bonds. The van der Waals surface area contributed by atoms with Crippen LogP contribution in [0.4, 0.5) is 5.69 Å². The zero-order chi connectivity index (χ0) is 10.5. The van der Waals surface area contributed by atoms with Gasteiger partial charge in [-0.1, -0.05) is 17.7 Å². The van der Waals surface area contributed by atoms with E-state index in [1.165, 1.54) is 0 Å². The lowest BCUT2D eigenvalue weighted by atomic mass is 9.94. The molecule has 1 aliphatic rings. The SMILES string of the molecule is Cc1c(Cl)ccc2c1NC(=O)[C@@]2(C)N. The maximum absolute atomic E-state index is 11.5. The number of hydrogen-bond donors (Lipinski definition) is 2. The Hall–Kier alpha value is -1.06. The number of nitrogens with two attached hydrogens (primary N) is 1. The molecule has 0 saturated heterocycles. The zero-order valence-corrected chi connectivity index (χ0v) is 8.77. The number of anilines is 1. The van der Waals surface area contributed by atoms with Crippen LogP contribution in [0.15, 0.2) is 12.1 Å². The molecule has 0 aliphatic carbocycles. The summed E-state index contributed by atoms with van der Waals surface area (Å²) in [5.74, 6) is -0.183. The molecule has 0 radical (unpaired) electrons. The molecule has 4 heteroatoms. The van der Waals surface area contributed by atoms with Gasteiger partial charge in [-0.2, -0.15) is 0 Å². The topological polar surface area (TPSA) is 55.1 Å². The first-order chi connectivity index (χ1) is 6.44. The molecule has 0 spiro atoms. The van der Waals surface area contributed by atoms with E-state index in [1.54, 1.807) is 19.1 Å². The van der Waals surface area contributed by atoms with Gasteiger partial charge in [-0.15, -0.1) is 0 Å². The zero-order valence-electron chi connectivity index (χ0n) is 8.02. The number of nitrogens with one attached hydrogen (secondary N) is 1. The van der Waals surface area contributed by atoms with Crippen molar-refractivity contribution in [2.45, 2.75) is 19.4 Å². The second-order valence-corrected chi connectivity index (χ2v) is 4.16. The fourth-order valence-corrected chi connectivity index (χ4v) is 1.80. The smallest absolute Gasteiger partial charge is 0.248 e. The molecule has 1 aromatic rings. The molecule has 1 heterocycles. The standard InChI is InChI=1S/C10H11ClN2O/c1-5-7(11)4-3-6-8(5)13-9(14)10(6,2)12/h3-4H,12H2,1-2H3,(H,13,14)/t10-/m0/s1. The van der Waals surface area contributed by atoms with Crippen molar-refractivity contribution >= 4 is 23.2 Å². The largest absolute Gasteiger partial charge is 0.324 e. The van der Waals surface area contributed by atoms with Crippen LogP contribution in [-0.2, 0) is 10.3 Å². The Morgan fingerprint density at radius 2 is 2.14 bits per heavy atom. The molecular weight excluding hydrogens is 200 g/mol. The molecule has 0 fully saturated rings. The Morgan fingerprint density at radius 3 is 2.79 bits per heavy atom. The van der Waals surface area contributed by atoms with Crippen LogP contribution in [0.3, 0.4) is 0 Å². The number of benzene rings is 1. The highest BCUT2D eigenvalue weighted by Crippen LogP contribution is 2.38. The summed E-state index contributed by atoms with van der Waals surface area (Å²) >= 11 is 5.94. The van der Waals surface area contributed by atoms with Crippen molar-refractivity contribution in [3.05, 3.63) is 28.3 Å². The summed E-state index contributed by atoms with van der Waals surface area (Å²) in [6, 6.07) is 3.56. The minimum Gasteiger partial charge on any atom is -0.324 e. The second kappa shape index (κ2) is 2.72. The Bertz CT molecular complexity index is 426. The van der Waals surface area contributed by atoms with Gasteiger partial charge in [-0.25, -0.2) is 0 Å². The first-order valence-electron chi connectivity index (χ1n) is 4.34. The fraction of sp³-hybridized carbons (Fsp3) is 0.300. The first-order valence-corrected chi connectivity index (χ1v) is 4.72. The molecule has 1 aromatic carbocycles. The number of carbonyl (C=O) groups is 1. The van der Waals surface area contributed by atoms with Gasteiger partial charge in [0, 0.05) is 10.6 Å². The molecule has 14 heavy (non-hydrogen) atoms. The highest BCUT2D eigenvalue weighted by molar-refractivity contribution is 6.32. The monoisotopic (exact) mass is 210 g/mol. The van der Waals surface area contributed by atoms with Gasteiger partial charge in [0.25, 0.3) is 0 Å². The van der Waals surface area contributed by atoms with Crippen molar-refractivity contribution in [2.24, 2.45) is 5.73 Å². The van der Waals surface area contributed by atoms with E-state index in [0.717, 1.165) is 16.8 Å². The van der Waals surface area contributed by atoms with Crippen molar-refractivity contribution in [3.8, 4) is 0 Å². The molecule has 3 nitrogen and oxygen atoms in total. The summed E-state index contributed by atoms with van der Waals surface area (Å²) in [4.78, 5) is 11.5. The predicted molar refractivity (Wildman–Crippen MR) is 56.4 cm³/mol. The summed E-state index contributed by atoms with van der Waals surface area (Å²) < 4.78 is 0. The molecule has 2 rings (SSSR count). The highest BCUT2D eigenvalue weighted by atomic mass is 35.5. The molecule has 0 saturated carbocycles. The Morgan fingerprint density at radius 1 is 1.50 bits per heavy atom. The molecule has 1 atom stereocenters. The molecule has 0 aromatic heterocycles. The quantitative estimate of drug-likeness (QED) is 0.686. The van der Waals surface area contributed by atoms with Gasteiger partial charge in [0.1, 0.15) is 5.54 Å². The second-order valence-electron chi connectivity index (χ2n) is 3.75. The number of rotatable bonds is 0. The third-order valence-corrected chi connectivity index (χ3v) is 3.08. The summed E-state index contributed by atoms with van der Waals surface area (Å²) in [7, 11) is 0. The summed E-state index contributed by atoms with van der Waals surface area (Å²) in [5.41, 5.74) is 7.39. The van der Waals surface area contributed by atoms with Crippen LogP contribution in [0.5, 0.6) is 0 Å². The number of hydrogen-bond acceptors (Lipinski definition) is 2. The molecular formula is C10H11ClN2O. The average Bonchev–Trinajstić information content (AvgIpc) is 2.33. The maximum atomic E-state index is 11.5. The maximum Gasteiger partial charge on any atom is 0.248 e. The number of amides is 1. The van der Waals surface area contributed by atoms with E-state index in [2.05, 4.69) is 5.32 Å². The first kappa shape index (κ1) is 9.49. The minimum absolute atomic E-state index is 0.183. The van der Waals surface area contributed by atoms with Crippen LogP contribution in [0.2, 0.25) is 5.02 Å². The lowest BCUT2D eigenvalue weighted by Gasteiger charge is -2.15. The summed E-state index contributed by atoms with van der Waals surface area (Å²) in [6.07, 6.45) is 0. The summed E-state index contributed by atoms with van der Waals surface area (Å²) in [5, 5.41) is 3.39. The van der Waals surface area contributed by atoms with Gasteiger partial charge in [0.05, 0.1) is 5.69 Å². The van der Waals surface area contributed by atoms with Crippen molar-refractivity contribution < 1.29 is 4.79 Å². The van der Waals surface area contributed by atoms with Gasteiger partial charge >= 0.3 is 0 Å². The van der Waals surface area contributed by atoms with E-state index in [9.17, 15) is 4.79 Å². The van der Waals surface area contributed by atoms with E-state index in [4.69, 9.17) is 17.3 Å². The molecule has 0 unspecified atom stereocenters. The van der Waals surface area contributed by atoms with Crippen LogP contribution < -0.4 is 11.1 Å². The van der Waals surface area contributed by atoms with Crippen LogP contribution in [0.25, 0.3) is 0 Å². The third kappa shape index (κ3) is 1.06. The van der Waals surface area contributed by atoms with Gasteiger partial charge in [0.15, 0.2) is 0 Å². The van der Waals surface area contributed by atoms with Gasteiger partial charge in [-0.05, 0) is 25.5 Å². The minimum atomic E-state index is -0.940. The van der Waals surface area contributed by atoms with Crippen LogP contribution in [0.1, 0.15) is 18.1 Å². The Balaban J connectivity index is 2.70. The highest BCUT2D eigenvalue weighted by Gasteiger charge is 2.39. The Kier molecular flexibility index (Phi) is 1.84. The van der Waals surface area contributed by atoms with Gasteiger partial charge in [-0.3, -0.25) is 4.79 Å². The van der Waals surface area contributed by atoms with E-state index in [1.807, 2.05) is 6.92 Å². The summed E-state index contributed by atoms with van der Waals surface area (Å²) in [6.45, 7) is 3.56. The fourth-order valence-electron chi connectivity index (χ4n) is 1.65. The molecule has 3 N–H and O–H groups in total. The number of carbonyl (C=O) groups excluding carboxylic acids is 1. The van der Waals surface area contributed by atoms with Crippen molar-refractivity contribution in [1.29, 1.82) is 0 Å². The van der Waals surface area contributed by atoms with E-state index < -0.39 is 5.54 Å². The third-order valence-electron chi connectivity index (χ3n) is 2.67. The normalized spacial score (nSPS) is 24.7. The molecule has 1 aliphatic heterocycles. The van der Waals surface area contributed by atoms with Crippen molar-refractivity contribution in [2.75, 3.05) is 5.32 Å². The van der Waals surface area contributed by atoms with Crippen molar-refractivity contribution in [3.63, 3.8) is 0 Å². The predicted octanol–water partition coefficient (Wildman–Crippen LogP) is 1.77. The van der Waals surface area contributed by atoms with E-state index >= 15 is 0 Å². The number of fused-ring (bicyclic) bond motifs is 1. The van der Waals surface area contributed by atoms with Crippen LogP contribution in [0, 0.1) is 6.92 Å². The Labute approximate surface area is 87.2 Å². The molecule has 0 bridgehead atoms. The average molecular weight is 211 g/mol. The van der Waals surface area contributed by atoms with Crippen molar-refractivity contribution in [1.82, 2.24) is 0 Å². The van der Waals surface area contributed by atoms with Gasteiger partial charge < -0.3 is 11.1 Å². The van der Waals surface area contributed by atoms with E-state index in [0.29, 0.717) is 5.02 Å². The molecule has 74 valence electrons.